The molecule has 0 aromatic carbocycles. The second-order valence-electron chi connectivity index (χ2n) is 14.9. The van der Waals surface area contributed by atoms with Gasteiger partial charge in [-0.15, -0.1) is 0 Å². The number of thiophene rings is 1. The molecule has 0 radical (unpaired) electrons. The Hall–Kier alpha value is -3.48. The predicted octanol–water partition coefficient (Wildman–Crippen LogP) is 3.42. The van der Waals surface area contributed by atoms with Crippen LogP contribution in [0.2, 0.25) is 0 Å². The smallest absolute Gasteiger partial charge is 0.332 e. The van der Waals surface area contributed by atoms with Crippen LogP contribution in [0.5, 0.6) is 0 Å². The highest BCUT2D eigenvalue weighted by Crippen LogP contribution is 2.36. The number of nitrogens with one attached hydrogen (secondary N) is 3. The highest BCUT2D eigenvalue weighted by molar-refractivity contribution is 7.07. The van der Waals surface area contributed by atoms with Crippen LogP contribution in [0.15, 0.2) is 16.8 Å². The summed E-state index contributed by atoms with van der Waals surface area (Å²) in [5.41, 5.74) is 4.20. The maximum Gasteiger partial charge on any atom is 0.332 e. The molecule has 1 aliphatic heterocycles. The summed E-state index contributed by atoms with van der Waals surface area (Å²) in [6, 6.07) is -1.78. The minimum absolute atomic E-state index is 0.0351. The van der Waals surface area contributed by atoms with Crippen molar-refractivity contribution in [1.29, 1.82) is 0 Å². The van der Waals surface area contributed by atoms with E-state index in [0.717, 1.165) is 37.7 Å². The van der Waals surface area contributed by atoms with Gasteiger partial charge in [0, 0.05) is 12.1 Å². The molecule has 1 aromatic heterocycles. The Morgan fingerprint density at radius 2 is 1.72 bits per heavy atom. The van der Waals surface area contributed by atoms with Gasteiger partial charge in [-0.1, -0.05) is 66.7 Å². The summed E-state index contributed by atoms with van der Waals surface area (Å²) >= 11 is 1.51. The van der Waals surface area contributed by atoms with Gasteiger partial charge < -0.3 is 31.3 Å². The van der Waals surface area contributed by atoms with E-state index in [2.05, 4.69) is 16.0 Å². The van der Waals surface area contributed by atoms with E-state index in [1.165, 1.54) is 16.2 Å². The van der Waals surface area contributed by atoms with Gasteiger partial charge in [0.05, 0.1) is 6.04 Å². The molecule has 2 aliphatic carbocycles. The Morgan fingerprint density at radius 1 is 1.04 bits per heavy atom. The largest absolute Gasteiger partial charge is 0.459 e. The normalized spacial score (nSPS) is 22.2. The molecule has 1 saturated heterocycles. The van der Waals surface area contributed by atoms with Crippen molar-refractivity contribution in [2.45, 2.75) is 123 Å². The fourth-order valence-corrected chi connectivity index (χ4v) is 7.49. The van der Waals surface area contributed by atoms with E-state index in [9.17, 15) is 28.8 Å². The molecule has 5 amide bonds. The van der Waals surface area contributed by atoms with Gasteiger partial charge in [-0.05, 0) is 65.7 Å². The van der Waals surface area contributed by atoms with Gasteiger partial charge in [-0.2, -0.15) is 11.3 Å². The molecular formula is C34H51N5O7S. The zero-order valence-corrected chi connectivity index (χ0v) is 29.1. The van der Waals surface area contributed by atoms with E-state index in [4.69, 9.17) is 10.5 Å². The third kappa shape index (κ3) is 9.11. The fraction of sp³-hybridized carbons (Fsp3) is 0.706. The number of rotatable bonds is 13. The molecule has 3 aliphatic rings. The first-order valence-electron chi connectivity index (χ1n) is 16.8. The summed E-state index contributed by atoms with van der Waals surface area (Å²) in [5, 5.41) is 12.3. The number of ketones is 1. The first-order valence-corrected chi connectivity index (χ1v) is 17.8. The third-order valence-electron chi connectivity index (χ3n) is 9.78. The van der Waals surface area contributed by atoms with Crippen molar-refractivity contribution in [1.82, 2.24) is 20.9 Å². The number of amides is 5. The molecule has 0 spiro atoms. The molecule has 4 atom stereocenters. The first kappa shape index (κ1) is 36.4. The summed E-state index contributed by atoms with van der Waals surface area (Å²) < 4.78 is 5.65. The Morgan fingerprint density at radius 3 is 2.28 bits per heavy atom. The van der Waals surface area contributed by atoms with E-state index in [-0.39, 0.29) is 30.9 Å². The first-order chi connectivity index (χ1) is 22.1. The van der Waals surface area contributed by atoms with E-state index >= 15 is 0 Å². The minimum atomic E-state index is -1.22. The van der Waals surface area contributed by atoms with Gasteiger partial charge in [0.15, 0.2) is 0 Å². The lowest BCUT2D eigenvalue weighted by Gasteiger charge is -2.39. The molecule has 12 nitrogen and oxygen atoms in total. The number of esters is 1. The number of nitrogens with two attached hydrogens (primary N) is 1. The maximum absolute atomic E-state index is 14.3. The van der Waals surface area contributed by atoms with Gasteiger partial charge in [0.25, 0.3) is 5.91 Å². The van der Waals surface area contributed by atoms with Crippen LogP contribution < -0.4 is 21.7 Å². The highest BCUT2D eigenvalue weighted by Gasteiger charge is 2.49. The quantitative estimate of drug-likeness (QED) is 0.183. The lowest BCUT2D eigenvalue weighted by molar-refractivity contribution is -0.154. The third-order valence-corrected chi connectivity index (χ3v) is 10.5. The van der Waals surface area contributed by atoms with E-state index in [1.54, 1.807) is 0 Å². The molecule has 2 unspecified atom stereocenters. The van der Waals surface area contributed by atoms with Crippen molar-refractivity contribution in [3.8, 4) is 0 Å². The topological polar surface area (TPSA) is 177 Å². The minimum Gasteiger partial charge on any atom is -0.459 e. The zero-order chi connectivity index (χ0) is 34.5. The maximum atomic E-state index is 14.3. The molecule has 47 heavy (non-hydrogen) atoms. The van der Waals surface area contributed by atoms with Crippen LogP contribution in [0.4, 0.5) is 4.79 Å². The number of hydrogen-bond donors (Lipinski definition) is 4. The highest BCUT2D eigenvalue weighted by atomic mass is 32.1. The van der Waals surface area contributed by atoms with Crippen LogP contribution >= 0.6 is 11.3 Å². The molecule has 13 heteroatoms. The molecule has 3 fully saturated rings. The summed E-state index contributed by atoms with van der Waals surface area (Å²) in [6.07, 6.45) is 5.98. The number of likely N-dealkylation sites (tertiary alicyclic amines) is 1. The Bertz CT molecular complexity index is 1310. The van der Waals surface area contributed by atoms with E-state index in [1.807, 2.05) is 51.4 Å². The number of hydrogen-bond acceptors (Lipinski definition) is 8. The molecule has 2 saturated carbocycles. The molecule has 1 aromatic rings. The molecule has 2 heterocycles. The van der Waals surface area contributed by atoms with Crippen LogP contribution in [-0.4, -0.2) is 70.6 Å². The van der Waals surface area contributed by atoms with Gasteiger partial charge in [0.2, 0.25) is 17.6 Å². The van der Waals surface area contributed by atoms with Crippen LogP contribution in [0.3, 0.4) is 0 Å². The SMILES string of the molecule is CC(C)C1CCN(C(=O)[C@@H](NC(=O)NC2(C(=O)OCc3ccsc3)CCCCC2)C(C)(C)C)[C@@H]1C(=O)NC(CC1CC1)C(=O)C(N)=O. The van der Waals surface area contributed by atoms with Crippen molar-refractivity contribution in [3.05, 3.63) is 22.4 Å². The van der Waals surface area contributed by atoms with Crippen LogP contribution in [-0.2, 0) is 35.3 Å². The van der Waals surface area contributed by atoms with E-state index < -0.39 is 64.6 Å². The number of carbonyl (C=O) groups excluding carboxylic acids is 6. The summed E-state index contributed by atoms with van der Waals surface area (Å²) in [5.74, 6) is -3.34. The molecule has 0 bridgehead atoms. The van der Waals surface area contributed by atoms with Crippen molar-refractivity contribution in [2.75, 3.05) is 6.54 Å². The average Bonchev–Trinajstić information content (AvgIpc) is 3.47. The lowest BCUT2D eigenvalue weighted by Crippen LogP contribution is -2.64. The van der Waals surface area contributed by atoms with Crippen molar-refractivity contribution >= 4 is 46.8 Å². The molecule has 260 valence electrons. The second-order valence-corrected chi connectivity index (χ2v) is 15.7. The van der Waals surface area contributed by atoms with Crippen LogP contribution in [0.1, 0.15) is 98.0 Å². The Labute approximate surface area is 281 Å². The zero-order valence-electron chi connectivity index (χ0n) is 28.3. The lowest BCUT2D eigenvalue weighted by atomic mass is 9.81. The van der Waals surface area contributed by atoms with Gasteiger partial charge in [-0.25, -0.2) is 9.59 Å². The fourth-order valence-electron chi connectivity index (χ4n) is 6.84. The number of Topliss-reactive ketones (excluding diaryl/α,β-unsaturated/α-hetero) is 1. The number of primary amides is 1. The van der Waals surface area contributed by atoms with E-state index in [0.29, 0.717) is 25.7 Å². The summed E-state index contributed by atoms with van der Waals surface area (Å²) in [7, 11) is 0. The number of ether oxygens (including phenoxy) is 1. The predicted molar refractivity (Wildman–Crippen MR) is 177 cm³/mol. The van der Waals surface area contributed by atoms with Crippen LogP contribution in [0, 0.1) is 23.2 Å². The number of urea groups is 1. The Balaban J connectivity index is 1.52. The summed E-state index contributed by atoms with van der Waals surface area (Å²) in [4.78, 5) is 81.2. The van der Waals surface area contributed by atoms with Crippen molar-refractivity contribution < 1.29 is 33.5 Å². The number of carbonyl (C=O) groups is 6. The van der Waals surface area contributed by atoms with Gasteiger partial charge >= 0.3 is 12.0 Å². The second kappa shape index (κ2) is 15.2. The van der Waals surface area contributed by atoms with Crippen molar-refractivity contribution in [3.63, 3.8) is 0 Å². The average molecular weight is 674 g/mol. The molecule has 5 N–H and O–H groups in total. The monoisotopic (exact) mass is 673 g/mol. The summed E-state index contributed by atoms with van der Waals surface area (Å²) in [6.45, 7) is 9.81. The van der Waals surface area contributed by atoms with Gasteiger partial charge in [-0.3, -0.25) is 19.2 Å². The molecule has 4 rings (SSSR count). The van der Waals surface area contributed by atoms with Crippen molar-refractivity contribution in [2.24, 2.45) is 28.9 Å². The van der Waals surface area contributed by atoms with Crippen LogP contribution in [0.25, 0.3) is 0 Å². The standard InChI is InChI=1S/C34H51N5O7S/c1-20(2)23-11-15-39(25(23)29(42)36-24(17-21-9-10-21)26(40)28(35)41)30(43)27(33(3,4)5)37-32(45)38-34(13-7-6-8-14-34)31(44)46-18-22-12-16-47-19-22/h12,16,19-21,23-25,27H,6-11,13-15,17-18H2,1-5H3,(H2,35,41)(H,36,42)(H2,37,38,45)/t23?,24?,25-,27+/m0/s1. The molecular weight excluding hydrogens is 622 g/mol. The van der Waals surface area contributed by atoms with Gasteiger partial charge in [0.1, 0.15) is 24.2 Å². The number of nitrogens with zero attached hydrogens (tertiary/aromatic N) is 1. The Kier molecular flexibility index (Phi) is 11.7.